The first kappa shape index (κ1) is 12.9. The minimum absolute atomic E-state index is 0.167. The zero-order chi connectivity index (χ0) is 13.1. The van der Waals surface area contributed by atoms with Crippen molar-refractivity contribution in [2.24, 2.45) is 0 Å². The smallest absolute Gasteiger partial charge is 0.412 e. The third-order valence-corrected chi connectivity index (χ3v) is 3.22. The molecule has 6 heteroatoms. The van der Waals surface area contributed by atoms with E-state index in [4.69, 9.17) is 11.6 Å². The van der Waals surface area contributed by atoms with Crippen LogP contribution in [-0.2, 0) is 0 Å². The molecule has 5 nitrogen and oxygen atoms in total. The third-order valence-electron chi connectivity index (χ3n) is 2.98. The number of amides is 1. The van der Waals surface area contributed by atoms with Crippen LogP contribution < -0.4 is 10.2 Å². The minimum atomic E-state index is -1.07. The molecule has 1 aliphatic rings. The van der Waals surface area contributed by atoms with Gasteiger partial charge in [0.2, 0.25) is 0 Å². The van der Waals surface area contributed by atoms with E-state index < -0.39 is 6.09 Å². The molecule has 0 radical (unpaired) electrons. The zero-order valence-corrected chi connectivity index (χ0v) is 10.4. The fourth-order valence-electron chi connectivity index (χ4n) is 2.14. The van der Waals surface area contributed by atoms with Crippen LogP contribution in [0.2, 0.25) is 5.02 Å². The molecule has 18 heavy (non-hydrogen) atoms. The second-order valence-corrected chi connectivity index (χ2v) is 4.56. The summed E-state index contributed by atoms with van der Waals surface area (Å²) in [7, 11) is 0. The highest BCUT2D eigenvalue weighted by atomic mass is 35.5. The Balaban J connectivity index is 2.44. The van der Waals surface area contributed by atoms with Crippen molar-refractivity contribution in [2.75, 3.05) is 18.0 Å². The molecule has 1 fully saturated rings. The Morgan fingerprint density at radius 3 is 2.89 bits per heavy atom. The molecule has 0 saturated carbocycles. The number of carbonyl (C=O) groups excluding carboxylic acids is 1. The summed E-state index contributed by atoms with van der Waals surface area (Å²) >= 11 is 5.88. The summed E-state index contributed by atoms with van der Waals surface area (Å²) < 4.78 is 0. The average Bonchev–Trinajstić information content (AvgIpc) is 2.83. The van der Waals surface area contributed by atoms with Gasteiger partial charge >= 0.3 is 6.09 Å². The number of carboxylic acid groups (broad SMARTS) is 1. The number of halogens is 1. The van der Waals surface area contributed by atoms with Gasteiger partial charge in [-0.05, 0) is 31.2 Å². The second-order valence-electron chi connectivity index (χ2n) is 4.12. The molecule has 0 bridgehead atoms. The van der Waals surface area contributed by atoms with E-state index in [0.717, 1.165) is 13.0 Å². The maximum Gasteiger partial charge on any atom is 0.412 e. The Bertz CT molecular complexity index is 472. The predicted octanol–water partition coefficient (Wildman–Crippen LogP) is 2.00. The summed E-state index contributed by atoms with van der Waals surface area (Å²) in [5, 5.41) is 12.9. The maximum absolute atomic E-state index is 11.4. The Morgan fingerprint density at radius 2 is 2.33 bits per heavy atom. The molecule has 2 N–H and O–H groups in total. The number of benzene rings is 1. The normalized spacial score (nSPS) is 18.6. The molecule has 1 aromatic rings. The molecule has 1 aliphatic heterocycles. The molecule has 0 spiro atoms. The van der Waals surface area contributed by atoms with Crippen molar-refractivity contribution in [2.45, 2.75) is 12.5 Å². The molecule has 1 atom stereocenters. The van der Waals surface area contributed by atoms with E-state index in [2.05, 4.69) is 5.32 Å². The third kappa shape index (κ3) is 2.47. The zero-order valence-electron chi connectivity index (χ0n) is 9.60. The predicted molar refractivity (Wildman–Crippen MR) is 68.6 cm³/mol. The van der Waals surface area contributed by atoms with Crippen LogP contribution in [0.4, 0.5) is 10.5 Å². The SMILES string of the molecule is O=Cc1ccc(Cl)cc1N(C(=O)O)C1CCNC1. The standard InChI is InChI=1S/C12H13ClN2O3/c13-9-2-1-8(7-16)11(5-9)15(12(17)18)10-3-4-14-6-10/h1-2,5,7,10,14H,3-4,6H2,(H,17,18). The molecule has 1 unspecified atom stereocenters. The number of hydrogen-bond donors (Lipinski definition) is 2. The van der Waals surface area contributed by atoms with Gasteiger partial charge in [0, 0.05) is 17.1 Å². The lowest BCUT2D eigenvalue weighted by Crippen LogP contribution is -2.41. The lowest BCUT2D eigenvalue weighted by Gasteiger charge is -2.26. The van der Waals surface area contributed by atoms with Crippen LogP contribution in [0.15, 0.2) is 18.2 Å². The van der Waals surface area contributed by atoms with Crippen molar-refractivity contribution in [3.63, 3.8) is 0 Å². The van der Waals surface area contributed by atoms with Crippen LogP contribution in [0.1, 0.15) is 16.8 Å². The molecule has 96 valence electrons. The molecule has 1 saturated heterocycles. The highest BCUT2D eigenvalue weighted by molar-refractivity contribution is 6.31. The van der Waals surface area contributed by atoms with Gasteiger partial charge in [0.1, 0.15) is 0 Å². The largest absolute Gasteiger partial charge is 0.465 e. The fraction of sp³-hybridized carbons (Fsp3) is 0.333. The van der Waals surface area contributed by atoms with E-state index in [-0.39, 0.29) is 6.04 Å². The highest BCUT2D eigenvalue weighted by Crippen LogP contribution is 2.27. The summed E-state index contributed by atoms with van der Waals surface area (Å²) in [6.07, 6.45) is 0.287. The molecule has 1 aromatic carbocycles. The lowest BCUT2D eigenvalue weighted by atomic mass is 10.1. The Kier molecular flexibility index (Phi) is 3.84. The van der Waals surface area contributed by atoms with Crippen molar-refractivity contribution in [3.8, 4) is 0 Å². The Hall–Kier alpha value is -1.59. The van der Waals surface area contributed by atoms with Crippen LogP contribution in [0.3, 0.4) is 0 Å². The molecule has 0 aliphatic carbocycles. The van der Waals surface area contributed by atoms with Crippen molar-refractivity contribution >= 4 is 29.7 Å². The topological polar surface area (TPSA) is 69.6 Å². The van der Waals surface area contributed by atoms with E-state index >= 15 is 0 Å². The lowest BCUT2D eigenvalue weighted by molar-refractivity contribution is 0.112. The second kappa shape index (κ2) is 5.37. The molecular weight excluding hydrogens is 256 g/mol. The Morgan fingerprint density at radius 1 is 1.56 bits per heavy atom. The molecule has 0 aromatic heterocycles. The van der Waals surface area contributed by atoms with Crippen molar-refractivity contribution < 1.29 is 14.7 Å². The van der Waals surface area contributed by atoms with Crippen molar-refractivity contribution in [3.05, 3.63) is 28.8 Å². The quantitative estimate of drug-likeness (QED) is 0.823. The number of nitrogens with zero attached hydrogens (tertiary/aromatic N) is 1. The fourth-order valence-corrected chi connectivity index (χ4v) is 2.31. The van der Waals surface area contributed by atoms with Crippen molar-refractivity contribution in [1.82, 2.24) is 5.32 Å². The summed E-state index contributed by atoms with van der Waals surface area (Å²) in [4.78, 5) is 23.6. The minimum Gasteiger partial charge on any atom is -0.465 e. The van der Waals surface area contributed by atoms with Gasteiger partial charge in [0.25, 0.3) is 0 Å². The van der Waals surface area contributed by atoms with E-state index in [0.29, 0.717) is 29.1 Å². The summed E-state index contributed by atoms with van der Waals surface area (Å²) in [5.74, 6) is 0. The van der Waals surface area contributed by atoms with E-state index in [1.807, 2.05) is 0 Å². The molecule has 1 heterocycles. The maximum atomic E-state index is 11.4. The number of nitrogens with one attached hydrogen (secondary N) is 1. The van der Waals surface area contributed by atoms with Gasteiger partial charge in [-0.2, -0.15) is 0 Å². The first-order valence-corrected chi connectivity index (χ1v) is 5.99. The summed E-state index contributed by atoms with van der Waals surface area (Å²) in [6.45, 7) is 1.35. The number of rotatable bonds is 3. The van der Waals surface area contributed by atoms with Crippen molar-refractivity contribution in [1.29, 1.82) is 0 Å². The number of aldehydes is 1. The van der Waals surface area contributed by atoms with E-state index in [1.165, 1.54) is 17.0 Å². The first-order valence-electron chi connectivity index (χ1n) is 5.61. The van der Waals surface area contributed by atoms with Gasteiger partial charge in [0.05, 0.1) is 11.7 Å². The monoisotopic (exact) mass is 268 g/mol. The average molecular weight is 269 g/mol. The van der Waals surface area contributed by atoms with Crippen LogP contribution >= 0.6 is 11.6 Å². The highest BCUT2D eigenvalue weighted by Gasteiger charge is 2.29. The Labute approximate surface area is 109 Å². The van der Waals surface area contributed by atoms with E-state index in [1.54, 1.807) is 6.07 Å². The van der Waals surface area contributed by atoms with Gasteiger partial charge in [-0.1, -0.05) is 11.6 Å². The van der Waals surface area contributed by atoms with E-state index in [9.17, 15) is 14.7 Å². The number of hydrogen-bond acceptors (Lipinski definition) is 3. The number of anilines is 1. The van der Waals surface area contributed by atoms with Crippen LogP contribution in [0.5, 0.6) is 0 Å². The summed E-state index contributed by atoms with van der Waals surface area (Å²) in [5.41, 5.74) is 0.674. The first-order chi connectivity index (χ1) is 8.63. The van der Waals surface area contributed by atoms with Crippen LogP contribution in [0.25, 0.3) is 0 Å². The van der Waals surface area contributed by atoms with Crippen LogP contribution in [-0.4, -0.2) is 36.6 Å². The number of carbonyl (C=O) groups is 2. The molecule has 1 amide bonds. The van der Waals surface area contributed by atoms with Gasteiger partial charge < -0.3 is 10.4 Å². The van der Waals surface area contributed by atoms with Crippen LogP contribution in [0, 0.1) is 0 Å². The molecule has 2 rings (SSSR count). The summed E-state index contributed by atoms with van der Waals surface area (Å²) in [6, 6.07) is 4.45. The molecular formula is C12H13ClN2O3. The van der Waals surface area contributed by atoms with Gasteiger partial charge in [-0.25, -0.2) is 4.79 Å². The van der Waals surface area contributed by atoms with Gasteiger partial charge in [-0.15, -0.1) is 0 Å². The van der Waals surface area contributed by atoms with Gasteiger partial charge in [-0.3, -0.25) is 9.69 Å². The van der Waals surface area contributed by atoms with Gasteiger partial charge in [0.15, 0.2) is 6.29 Å².